The number of rotatable bonds is 1. The molecule has 4 nitrogen and oxygen atoms in total. The maximum Gasteiger partial charge on any atom is 0.236 e. The summed E-state index contributed by atoms with van der Waals surface area (Å²) < 4.78 is 25.6. The maximum absolute atomic E-state index is 12.0. The van der Waals surface area contributed by atoms with E-state index >= 15 is 0 Å². The van der Waals surface area contributed by atoms with E-state index < -0.39 is 10.0 Å². The molecule has 0 radical (unpaired) electrons. The second kappa shape index (κ2) is 4.43. The van der Waals surface area contributed by atoms with Crippen LogP contribution in [0.2, 0.25) is 0 Å². The molecule has 0 saturated carbocycles. The summed E-state index contributed by atoms with van der Waals surface area (Å²) in [5.41, 5.74) is 1.79. The van der Waals surface area contributed by atoms with Gasteiger partial charge >= 0.3 is 0 Å². The molecule has 16 heavy (non-hydrogen) atoms. The van der Waals surface area contributed by atoms with Gasteiger partial charge in [0, 0.05) is 19.6 Å². The molecule has 0 aromatic heterocycles. The predicted molar refractivity (Wildman–Crippen MR) is 65.2 cm³/mol. The van der Waals surface area contributed by atoms with E-state index in [1.807, 2.05) is 31.2 Å². The summed E-state index contributed by atoms with van der Waals surface area (Å²) in [5, 5.41) is 3.10. The molecule has 2 rings (SSSR count). The van der Waals surface area contributed by atoms with E-state index in [2.05, 4.69) is 5.32 Å². The molecule has 1 fully saturated rings. The third-order valence-electron chi connectivity index (χ3n) is 2.75. The SMILES string of the molecule is Cc1ccccc1N1CCNCCS1(=O)=O. The lowest BCUT2D eigenvalue weighted by atomic mass is 10.2. The van der Waals surface area contributed by atoms with Crippen LogP contribution in [0.25, 0.3) is 0 Å². The minimum absolute atomic E-state index is 0.168. The van der Waals surface area contributed by atoms with E-state index in [4.69, 9.17) is 0 Å². The average Bonchev–Trinajstić information content (AvgIpc) is 2.40. The van der Waals surface area contributed by atoms with Gasteiger partial charge in [0.2, 0.25) is 10.0 Å². The highest BCUT2D eigenvalue weighted by Gasteiger charge is 2.24. The van der Waals surface area contributed by atoms with Crippen LogP contribution in [0.3, 0.4) is 0 Å². The first-order valence-electron chi connectivity index (χ1n) is 5.38. The summed E-state index contributed by atoms with van der Waals surface area (Å²) in [4.78, 5) is 0. The summed E-state index contributed by atoms with van der Waals surface area (Å²) in [6, 6.07) is 7.58. The predicted octanol–water partition coefficient (Wildman–Crippen LogP) is 0.734. The zero-order valence-corrected chi connectivity index (χ0v) is 10.1. The quantitative estimate of drug-likeness (QED) is 0.787. The Morgan fingerprint density at radius 2 is 2.00 bits per heavy atom. The van der Waals surface area contributed by atoms with Crippen LogP contribution in [-0.2, 0) is 10.0 Å². The Kier molecular flexibility index (Phi) is 3.16. The first kappa shape index (κ1) is 11.4. The van der Waals surface area contributed by atoms with Crippen LogP contribution in [0.5, 0.6) is 0 Å². The van der Waals surface area contributed by atoms with E-state index in [1.54, 1.807) is 0 Å². The number of nitrogens with one attached hydrogen (secondary N) is 1. The number of benzene rings is 1. The molecule has 1 heterocycles. The second-order valence-electron chi connectivity index (χ2n) is 3.92. The van der Waals surface area contributed by atoms with Crippen LogP contribution in [0.4, 0.5) is 5.69 Å². The van der Waals surface area contributed by atoms with E-state index in [0.717, 1.165) is 11.3 Å². The van der Waals surface area contributed by atoms with Gasteiger partial charge in [-0.1, -0.05) is 18.2 Å². The molecule has 5 heteroatoms. The molecule has 0 spiro atoms. The van der Waals surface area contributed by atoms with Crippen molar-refractivity contribution in [3.8, 4) is 0 Å². The summed E-state index contributed by atoms with van der Waals surface area (Å²) in [5.74, 6) is 0.168. The van der Waals surface area contributed by atoms with E-state index in [-0.39, 0.29) is 5.75 Å². The van der Waals surface area contributed by atoms with E-state index in [9.17, 15) is 8.42 Å². The minimum atomic E-state index is -3.16. The summed E-state index contributed by atoms with van der Waals surface area (Å²) in [6.45, 7) is 3.68. The van der Waals surface area contributed by atoms with Crippen molar-refractivity contribution < 1.29 is 8.42 Å². The van der Waals surface area contributed by atoms with Gasteiger partial charge in [0.15, 0.2) is 0 Å². The van der Waals surface area contributed by atoms with Crippen molar-refractivity contribution in [2.75, 3.05) is 29.7 Å². The number of nitrogens with zero attached hydrogens (tertiary/aromatic N) is 1. The number of anilines is 1. The van der Waals surface area contributed by atoms with Crippen molar-refractivity contribution in [1.29, 1.82) is 0 Å². The molecule has 1 aromatic carbocycles. The molecule has 1 aliphatic rings. The molecule has 1 aromatic rings. The molecule has 0 unspecified atom stereocenters. The lowest BCUT2D eigenvalue weighted by molar-refractivity contribution is 0.594. The normalized spacial score (nSPS) is 20.4. The molecule has 88 valence electrons. The van der Waals surface area contributed by atoms with Crippen LogP contribution >= 0.6 is 0 Å². The molecule has 1 aliphatic heterocycles. The largest absolute Gasteiger partial charge is 0.314 e. The van der Waals surface area contributed by atoms with Crippen molar-refractivity contribution in [2.45, 2.75) is 6.92 Å². The molecular formula is C11H16N2O2S. The van der Waals surface area contributed by atoms with Crippen LogP contribution in [0.1, 0.15) is 5.56 Å². The third kappa shape index (κ3) is 2.20. The number of hydrogen-bond donors (Lipinski definition) is 1. The molecule has 0 amide bonds. The Hall–Kier alpha value is -1.07. The number of para-hydroxylation sites is 1. The van der Waals surface area contributed by atoms with Crippen molar-refractivity contribution in [3.63, 3.8) is 0 Å². The van der Waals surface area contributed by atoms with Crippen molar-refractivity contribution in [2.24, 2.45) is 0 Å². The van der Waals surface area contributed by atoms with Gasteiger partial charge in [-0.3, -0.25) is 4.31 Å². The summed E-state index contributed by atoms with van der Waals surface area (Å²) in [7, 11) is -3.16. The highest BCUT2D eigenvalue weighted by Crippen LogP contribution is 2.22. The fourth-order valence-corrected chi connectivity index (χ4v) is 3.37. The van der Waals surface area contributed by atoms with Crippen molar-refractivity contribution >= 4 is 15.7 Å². The van der Waals surface area contributed by atoms with Crippen LogP contribution < -0.4 is 9.62 Å². The molecule has 0 atom stereocenters. The Bertz CT molecular complexity index is 471. The van der Waals surface area contributed by atoms with Gasteiger partial charge in [0.25, 0.3) is 0 Å². The Balaban J connectivity index is 2.42. The Labute approximate surface area is 96.3 Å². The Morgan fingerprint density at radius 3 is 2.75 bits per heavy atom. The number of aryl methyl sites for hydroxylation is 1. The summed E-state index contributed by atoms with van der Waals surface area (Å²) in [6.07, 6.45) is 0. The monoisotopic (exact) mass is 240 g/mol. The van der Waals surface area contributed by atoms with Gasteiger partial charge < -0.3 is 5.32 Å². The van der Waals surface area contributed by atoms with Gasteiger partial charge in [0.1, 0.15) is 0 Å². The highest BCUT2D eigenvalue weighted by atomic mass is 32.2. The van der Waals surface area contributed by atoms with Gasteiger partial charge in [-0.2, -0.15) is 0 Å². The van der Waals surface area contributed by atoms with Crippen molar-refractivity contribution in [1.82, 2.24) is 5.32 Å². The zero-order chi connectivity index (χ0) is 11.6. The lowest BCUT2D eigenvalue weighted by Crippen LogP contribution is -2.34. The lowest BCUT2D eigenvalue weighted by Gasteiger charge is -2.23. The molecular weight excluding hydrogens is 224 g/mol. The van der Waals surface area contributed by atoms with Crippen LogP contribution in [0, 0.1) is 6.92 Å². The number of sulfonamides is 1. The average molecular weight is 240 g/mol. The topological polar surface area (TPSA) is 49.4 Å². The molecule has 1 N–H and O–H groups in total. The second-order valence-corrected chi connectivity index (χ2v) is 5.94. The summed E-state index contributed by atoms with van der Waals surface area (Å²) >= 11 is 0. The highest BCUT2D eigenvalue weighted by molar-refractivity contribution is 7.92. The minimum Gasteiger partial charge on any atom is -0.314 e. The van der Waals surface area contributed by atoms with Gasteiger partial charge in [0.05, 0.1) is 11.4 Å². The van der Waals surface area contributed by atoms with Crippen molar-refractivity contribution in [3.05, 3.63) is 29.8 Å². The first-order valence-corrected chi connectivity index (χ1v) is 6.99. The third-order valence-corrected chi connectivity index (χ3v) is 4.52. The van der Waals surface area contributed by atoms with Crippen LogP contribution in [0.15, 0.2) is 24.3 Å². The van der Waals surface area contributed by atoms with Gasteiger partial charge in [-0.15, -0.1) is 0 Å². The standard InChI is InChI=1S/C11H16N2O2S/c1-10-4-2-3-5-11(10)13-8-6-12-7-9-16(13,14)15/h2-5,12H,6-9H2,1H3. The maximum atomic E-state index is 12.0. The smallest absolute Gasteiger partial charge is 0.236 e. The fraction of sp³-hybridized carbons (Fsp3) is 0.455. The zero-order valence-electron chi connectivity index (χ0n) is 9.31. The van der Waals surface area contributed by atoms with E-state index in [1.165, 1.54) is 4.31 Å². The Morgan fingerprint density at radius 1 is 1.25 bits per heavy atom. The molecule has 1 saturated heterocycles. The fourth-order valence-electron chi connectivity index (χ4n) is 1.87. The molecule has 0 bridgehead atoms. The van der Waals surface area contributed by atoms with Gasteiger partial charge in [-0.25, -0.2) is 8.42 Å². The van der Waals surface area contributed by atoms with Gasteiger partial charge in [-0.05, 0) is 18.6 Å². The molecule has 0 aliphatic carbocycles. The van der Waals surface area contributed by atoms with Crippen LogP contribution in [-0.4, -0.2) is 33.8 Å². The first-order chi connectivity index (χ1) is 7.61. The van der Waals surface area contributed by atoms with E-state index in [0.29, 0.717) is 19.6 Å². The number of hydrogen-bond acceptors (Lipinski definition) is 3.